The van der Waals surface area contributed by atoms with E-state index < -0.39 is 0 Å². The van der Waals surface area contributed by atoms with Crippen LogP contribution in [0.4, 0.5) is 0 Å². The van der Waals surface area contributed by atoms with Gasteiger partial charge in [-0.15, -0.1) is 0 Å². The van der Waals surface area contributed by atoms with E-state index in [-0.39, 0.29) is 11.9 Å². The van der Waals surface area contributed by atoms with Crippen molar-refractivity contribution in [3.8, 4) is 5.75 Å². The third kappa shape index (κ3) is 3.72. The van der Waals surface area contributed by atoms with Crippen molar-refractivity contribution in [2.75, 3.05) is 26.7 Å². The first-order valence-corrected chi connectivity index (χ1v) is 10.4. The smallest absolute Gasteiger partial charge is 0.269 e. The number of hydrogen-bond donors (Lipinski definition) is 1. The minimum absolute atomic E-state index is 0.0612. The van der Waals surface area contributed by atoms with Crippen molar-refractivity contribution in [2.45, 2.75) is 18.9 Å². The number of likely N-dealkylation sites (tertiary alicyclic amines) is 1. The van der Waals surface area contributed by atoms with Crippen molar-refractivity contribution in [1.29, 1.82) is 0 Å². The van der Waals surface area contributed by atoms with E-state index in [4.69, 9.17) is 16.3 Å². The summed E-state index contributed by atoms with van der Waals surface area (Å²) < 4.78 is 7.45. The van der Waals surface area contributed by atoms with Gasteiger partial charge in [0.2, 0.25) is 0 Å². The van der Waals surface area contributed by atoms with E-state index in [1.54, 1.807) is 7.11 Å². The molecule has 2 aromatic carbocycles. The van der Waals surface area contributed by atoms with Crippen LogP contribution in [-0.2, 0) is 7.05 Å². The van der Waals surface area contributed by atoms with Crippen molar-refractivity contribution in [2.24, 2.45) is 7.05 Å². The maximum Gasteiger partial charge on any atom is 0.269 e. The number of nitrogens with one attached hydrogen (secondary N) is 1. The number of amides is 1. The van der Waals surface area contributed by atoms with Crippen LogP contribution in [0.3, 0.4) is 0 Å². The van der Waals surface area contributed by atoms with Gasteiger partial charge in [-0.1, -0.05) is 48.0 Å². The molecule has 5 nitrogen and oxygen atoms in total. The van der Waals surface area contributed by atoms with Crippen LogP contribution in [0.1, 0.15) is 34.9 Å². The molecule has 2 heterocycles. The van der Waals surface area contributed by atoms with Crippen LogP contribution in [-0.4, -0.2) is 42.1 Å². The Morgan fingerprint density at radius 1 is 1.14 bits per heavy atom. The number of carbonyl (C=O) groups excluding carboxylic acids is 1. The van der Waals surface area contributed by atoms with Crippen molar-refractivity contribution in [1.82, 2.24) is 14.8 Å². The van der Waals surface area contributed by atoms with Crippen LogP contribution in [0.5, 0.6) is 5.75 Å². The van der Waals surface area contributed by atoms with E-state index in [1.165, 1.54) is 12.8 Å². The fourth-order valence-corrected chi connectivity index (χ4v) is 4.68. The first kappa shape index (κ1) is 19.8. The van der Waals surface area contributed by atoms with Crippen LogP contribution >= 0.6 is 11.6 Å². The molecular weight excluding hydrogens is 386 g/mol. The molecule has 0 saturated carbocycles. The number of benzene rings is 2. The van der Waals surface area contributed by atoms with E-state index in [1.807, 2.05) is 54.1 Å². The predicted molar refractivity (Wildman–Crippen MR) is 117 cm³/mol. The quantitative estimate of drug-likeness (QED) is 0.653. The lowest BCUT2D eigenvalue weighted by Crippen LogP contribution is -2.37. The zero-order chi connectivity index (χ0) is 20.4. The number of rotatable bonds is 6. The van der Waals surface area contributed by atoms with E-state index >= 15 is 0 Å². The minimum atomic E-state index is -0.159. The van der Waals surface area contributed by atoms with Crippen molar-refractivity contribution in [3.63, 3.8) is 0 Å². The number of aromatic nitrogens is 1. The number of aryl methyl sites for hydroxylation is 1. The molecule has 1 fully saturated rings. The van der Waals surface area contributed by atoms with E-state index in [0.717, 1.165) is 35.3 Å². The highest BCUT2D eigenvalue weighted by Gasteiger charge is 2.27. The van der Waals surface area contributed by atoms with Gasteiger partial charge in [0.25, 0.3) is 5.91 Å². The second kappa shape index (κ2) is 8.47. The molecule has 1 amide bonds. The maximum absolute atomic E-state index is 13.1. The summed E-state index contributed by atoms with van der Waals surface area (Å²) >= 11 is 6.55. The summed E-state index contributed by atoms with van der Waals surface area (Å²) in [5, 5.41) is 4.51. The second-order valence-electron chi connectivity index (χ2n) is 7.45. The summed E-state index contributed by atoms with van der Waals surface area (Å²) in [5.41, 5.74) is 2.54. The van der Waals surface area contributed by atoms with Crippen molar-refractivity contribution >= 4 is 28.4 Å². The Hall–Kier alpha value is -2.50. The molecule has 29 heavy (non-hydrogen) atoms. The summed E-state index contributed by atoms with van der Waals surface area (Å²) in [5.74, 6) is 0.689. The summed E-state index contributed by atoms with van der Waals surface area (Å²) in [4.78, 5) is 15.5. The monoisotopic (exact) mass is 411 g/mol. The Kier molecular flexibility index (Phi) is 5.79. The number of carbonyl (C=O) groups is 1. The van der Waals surface area contributed by atoms with Gasteiger partial charge >= 0.3 is 0 Å². The van der Waals surface area contributed by atoms with Gasteiger partial charge in [0.1, 0.15) is 11.4 Å². The Morgan fingerprint density at radius 3 is 2.55 bits per heavy atom. The van der Waals surface area contributed by atoms with E-state index in [9.17, 15) is 4.79 Å². The van der Waals surface area contributed by atoms with Crippen LogP contribution < -0.4 is 10.1 Å². The highest BCUT2D eigenvalue weighted by molar-refractivity contribution is 6.38. The van der Waals surface area contributed by atoms with E-state index in [0.29, 0.717) is 17.3 Å². The summed E-state index contributed by atoms with van der Waals surface area (Å²) in [6.07, 6.45) is 2.35. The first-order valence-electron chi connectivity index (χ1n) is 10.00. The van der Waals surface area contributed by atoms with Gasteiger partial charge in [0.15, 0.2) is 0 Å². The van der Waals surface area contributed by atoms with Crippen molar-refractivity contribution in [3.05, 3.63) is 64.8 Å². The molecule has 0 aliphatic carbocycles. The molecule has 1 aliphatic rings. The van der Waals surface area contributed by atoms with Gasteiger partial charge in [-0.2, -0.15) is 0 Å². The number of hydrogen-bond acceptors (Lipinski definition) is 3. The summed E-state index contributed by atoms with van der Waals surface area (Å²) in [6, 6.07) is 15.9. The largest absolute Gasteiger partial charge is 0.496 e. The van der Waals surface area contributed by atoms with Gasteiger partial charge in [-0.25, -0.2) is 0 Å². The lowest BCUT2D eigenvalue weighted by Gasteiger charge is -2.29. The molecule has 1 unspecified atom stereocenters. The van der Waals surface area contributed by atoms with Crippen LogP contribution in [0, 0.1) is 0 Å². The fraction of sp³-hybridized carbons (Fsp3) is 0.348. The number of halogens is 1. The SMILES string of the molecule is COc1ccccc1C(CNC(=O)c1c(Cl)c2ccccc2n1C)N1CCCC1. The number of ether oxygens (including phenoxy) is 1. The topological polar surface area (TPSA) is 46.5 Å². The molecule has 0 spiro atoms. The third-order valence-electron chi connectivity index (χ3n) is 5.80. The molecule has 0 radical (unpaired) electrons. The molecule has 1 saturated heterocycles. The third-order valence-corrected chi connectivity index (χ3v) is 6.18. The molecule has 152 valence electrons. The molecule has 1 N–H and O–H groups in total. The van der Waals surface area contributed by atoms with E-state index in [2.05, 4.69) is 16.3 Å². The minimum Gasteiger partial charge on any atom is -0.496 e. The highest BCUT2D eigenvalue weighted by atomic mass is 35.5. The average Bonchev–Trinajstić information content (AvgIpc) is 3.36. The Labute approximate surface area is 176 Å². The van der Waals surface area contributed by atoms with Crippen LogP contribution in [0.15, 0.2) is 48.5 Å². The highest BCUT2D eigenvalue weighted by Crippen LogP contribution is 2.32. The van der Waals surface area contributed by atoms with Gasteiger partial charge in [0, 0.05) is 30.1 Å². The van der Waals surface area contributed by atoms with Gasteiger partial charge in [-0.05, 0) is 38.1 Å². The van der Waals surface area contributed by atoms with Crippen molar-refractivity contribution < 1.29 is 9.53 Å². The molecule has 4 rings (SSSR count). The molecule has 1 atom stereocenters. The number of para-hydroxylation sites is 2. The molecule has 1 aromatic heterocycles. The zero-order valence-electron chi connectivity index (χ0n) is 16.8. The number of nitrogens with zero attached hydrogens (tertiary/aromatic N) is 2. The second-order valence-corrected chi connectivity index (χ2v) is 7.83. The Balaban J connectivity index is 1.60. The zero-order valence-corrected chi connectivity index (χ0v) is 17.6. The molecule has 1 aliphatic heterocycles. The lowest BCUT2D eigenvalue weighted by atomic mass is 10.0. The maximum atomic E-state index is 13.1. The number of methoxy groups -OCH3 is 1. The molecule has 6 heteroatoms. The standard InChI is InChI=1S/C23H26ClN3O2/c1-26-18-11-5-3-10-17(18)21(24)22(26)23(28)25-15-19(27-13-7-8-14-27)16-9-4-6-12-20(16)29-2/h3-6,9-12,19H,7-8,13-15H2,1-2H3,(H,25,28). The number of fused-ring (bicyclic) bond motifs is 1. The molecule has 0 bridgehead atoms. The summed E-state index contributed by atoms with van der Waals surface area (Å²) in [7, 11) is 3.56. The van der Waals surface area contributed by atoms with Gasteiger partial charge in [-0.3, -0.25) is 9.69 Å². The predicted octanol–water partition coefficient (Wildman–Crippen LogP) is 4.41. The molecular formula is C23H26ClN3O2. The Morgan fingerprint density at radius 2 is 1.83 bits per heavy atom. The summed E-state index contributed by atoms with van der Waals surface area (Å²) in [6.45, 7) is 2.54. The normalized spacial score (nSPS) is 15.6. The first-order chi connectivity index (χ1) is 14.1. The average molecular weight is 412 g/mol. The van der Waals surface area contributed by atoms with Crippen LogP contribution in [0.2, 0.25) is 5.02 Å². The van der Waals surface area contributed by atoms with Crippen LogP contribution in [0.25, 0.3) is 10.9 Å². The molecule has 3 aromatic rings. The fourth-order valence-electron chi connectivity index (χ4n) is 4.30. The van der Waals surface area contributed by atoms with Gasteiger partial charge < -0.3 is 14.6 Å². The lowest BCUT2D eigenvalue weighted by molar-refractivity contribution is 0.0930. The van der Waals surface area contributed by atoms with Gasteiger partial charge in [0.05, 0.1) is 18.2 Å². The Bertz CT molecular complexity index is 985.